The first-order valence-corrected chi connectivity index (χ1v) is 8.56. The summed E-state index contributed by atoms with van der Waals surface area (Å²) < 4.78 is 0. The van der Waals surface area contributed by atoms with Gasteiger partial charge in [0.25, 0.3) is 0 Å². The van der Waals surface area contributed by atoms with Crippen molar-refractivity contribution in [2.75, 3.05) is 19.6 Å². The smallest absolute Gasteiger partial charge is 0.0332 e. The molecule has 2 rings (SSSR count). The lowest BCUT2D eigenvalue weighted by Crippen LogP contribution is -2.55. The number of hydrogen-bond donors (Lipinski definition) is 1. The van der Waals surface area contributed by atoms with Crippen LogP contribution < -0.4 is 5.73 Å². The first-order chi connectivity index (χ1) is 9.11. The maximum atomic E-state index is 6.22. The second-order valence-corrected chi connectivity index (χ2v) is 7.40. The highest BCUT2D eigenvalue weighted by atomic mass is 15.2. The van der Waals surface area contributed by atoms with Crippen LogP contribution in [0.2, 0.25) is 0 Å². The quantitative estimate of drug-likeness (QED) is 0.823. The molecule has 1 aliphatic heterocycles. The molecule has 2 nitrogen and oxygen atoms in total. The summed E-state index contributed by atoms with van der Waals surface area (Å²) in [6.45, 7) is 10.6. The number of likely N-dealkylation sites (tertiary alicyclic amines) is 1. The van der Waals surface area contributed by atoms with Crippen molar-refractivity contribution in [3.8, 4) is 0 Å². The monoisotopic (exact) mass is 266 g/mol. The zero-order valence-electron chi connectivity index (χ0n) is 13.3. The highest BCUT2D eigenvalue weighted by molar-refractivity contribution is 4.98. The minimum absolute atomic E-state index is 0.355. The Morgan fingerprint density at radius 3 is 2.42 bits per heavy atom. The van der Waals surface area contributed by atoms with Gasteiger partial charge in [0.1, 0.15) is 0 Å². The summed E-state index contributed by atoms with van der Waals surface area (Å²) in [7, 11) is 0. The highest BCUT2D eigenvalue weighted by Crippen LogP contribution is 2.41. The minimum atomic E-state index is 0.355. The van der Waals surface area contributed by atoms with Crippen LogP contribution in [0.3, 0.4) is 0 Å². The molecule has 0 radical (unpaired) electrons. The average molecular weight is 266 g/mol. The molecule has 1 aliphatic carbocycles. The van der Waals surface area contributed by atoms with E-state index in [1.807, 2.05) is 0 Å². The fraction of sp³-hybridized carbons (Fsp3) is 1.00. The maximum Gasteiger partial charge on any atom is 0.0332 e. The molecule has 1 saturated heterocycles. The number of hydrogen-bond acceptors (Lipinski definition) is 2. The normalized spacial score (nSPS) is 37.1. The van der Waals surface area contributed by atoms with Gasteiger partial charge in [-0.1, -0.05) is 27.2 Å². The molecule has 1 saturated carbocycles. The van der Waals surface area contributed by atoms with Gasteiger partial charge in [-0.2, -0.15) is 0 Å². The summed E-state index contributed by atoms with van der Waals surface area (Å²) in [5, 5.41) is 0. The second-order valence-electron chi connectivity index (χ2n) is 7.40. The fourth-order valence-electron chi connectivity index (χ4n) is 4.40. The van der Waals surface area contributed by atoms with Crippen molar-refractivity contribution in [1.82, 2.24) is 4.90 Å². The Morgan fingerprint density at radius 2 is 1.89 bits per heavy atom. The standard InChI is InChI=1S/C17H34N2/c1-4-5-15-8-11-19(12-15)17(13-18)9-6-16(7-10-17)14(2)3/h14-16H,4-13,18H2,1-3H3. The predicted octanol–water partition coefficient (Wildman–Crippen LogP) is 3.65. The molecule has 0 spiro atoms. The van der Waals surface area contributed by atoms with E-state index in [-0.39, 0.29) is 0 Å². The molecule has 1 heterocycles. The Balaban J connectivity index is 1.93. The molecule has 2 heteroatoms. The van der Waals surface area contributed by atoms with Crippen molar-refractivity contribution in [2.24, 2.45) is 23.5 Å². The SMILES string of the molecule is CCCC1CCN(C2(CN)CCC(C(C)C)CC2)C1. The molecule has 0 aromatic rings. The van der Waals surface area contributed by atoms with E-state index in [2.05, 4.69) is 25.7 Å². The molecule has 2 fully saturated rings. The number of nitrogens with two attached hydrogens (primary N) is 1. The Bertz CT molecular complexity index is 266. The molecule has 0 amide bonds. The summed E-state index contributed by atoms with van der Waals surface area (Å²) in [5.41, 5.74) is 6.57. The van der Waals surface area contributed by atoms with Gasteiger partial charge in [0.2, 0.25) is 0 Å². The second kappa shape index (κ2) is 6.58. The van der Waals surface area contributed by atoms with Crippen molar-refractivity contribution in [3.63, 3.8) is 0 Å². The Hall–Kier alpha value is -0.0800. The third-order valence-corrected chi connectivity index (χ3v) is 5.94. The Morgan fingerprint density at radius 1 is 1.21 bits per heavy atom. The molecule has 0 aromatic heterocycles. The molecule has 0 bridgehead atoms. The van der Waals surface area contributed by atoms with E-state index in [1.54, 1.807) is 0 Å². The summed E-state index contributed by atoms with van der Waals surface area (Å²) in [4.78, 5) is 2.77. The van der Waals surface area contributed by atoms with Crippen LogP contribution in [-0.2, 0) is 0 Å². The molecular weight excluding hydrogens is 232 g/mol. The molecule has 112 valence electrons. The van der Waals surface area contributed by atoms with E-state index in [0.29, 0.717) is 5.54 Å². The van der Waals surface area contributed by atoms with E-state index in [1.165, 1.54) is 58.0 Å². The lowest BCUT2D eigenvalue weighted by atomic mass is 9.72. The van der Waals surface area contributed by atoms with Crippen LogP contribution in [0.5, 0.6) is 0 Å². The molecule has 2 aliphatic rings. The van der Waals surface area contributed by atoms with Gasteiger partial charge in [-0.15, -0.1) is 0 Å². The van der Waals surface area contributed by atoms with Crippen molar-refractivity contribution < 1.29 is 0 Å². The molecule has 1 atom stereocenters. The number of nitrogens with zero attached hydrogens (tertiary/aromatic N) is 1. The van der Waals surface area contributed by atoms with Gasteiger partial charge in [-0.05, 0) is 62.8 Å². The Kier molecular flexibility index (Phi) is 5.30. The van der Waals surface area contributed by atoms with Gasteiger partial charge in [0, 0.05) is 18.6 Å². The van der Waals surface area contributed by atoms with Gasteiger partial charge in [-0.3, -0.25) is 4.90 Å². The van der Waals surface area contributed by atoms with Crippen molar-refractivity contribution in [3.05, 3.63) is 0 Å². The van der Waals surface area contributed by atoms with E-state index in [4.69, 9.17) is 5.73 Å². The first kappa shape index (κ1) is 15.3. The largest absolute Gasteiger partial charge is 0.329 e. The van der Waals surface area contributed by atoms with Gasteiger partial charge in [-0.25, -0.2) is 0 Å². The van der Waals surface area contributed by atoms with Gasteiger partial charge in [0.15, 0.2) is 0 Å². The van der Waals surface area contributed by atoms with E-state index in [9.17, 15) is 0 Å². The highest BCUT2D eigenvalue weighted by Gasteiger charge is 2.42. The molecule has 2 N–H and O–H groups in total. The van der Waals surface area contributed by atoms with Gasteiger partial charge < -0.3 is 5.73 Å². The zero-order chi connectivity index (χ0) is 13.9. The van der Waals surface area contributed by atoms with Crippen LogP contribution in [0.25, 0.3) is 0 Å². The molecule has 19 heavy (non-hydrogen) atoms. The average Bonchev–Trinajstić information content (AvgIpc) is 2.88. The van der Waals surface area contributed by atoms with Crippen molar-refractivity contribution in [2.45, 2.75) is 71.3 Å². The van der Waals surface area contributed by atoms with Gasteiger partial charge >= 0.3 is 0 Å². The van der Waals surface area contributed by atoms with Crippen LogP contribution in [0.15, 0.2) is 0 Å². The molecular formula is C17H34N2. The summed E-state index contributed by atoms with van der Waals surface area (Å²) in [5.74, 6) is 2.73. The van der Waals surface area contributed by atoms with Crippen LogP contribution in [0, 0.1) is 17.8 Å². The van der Waals surface area contributed by atoms with Crippen LogP contribution in [0.1, 0.15) is 65.7 Å². The summed E-state index contributed by atoms with van der Waals surface area (Å²) in [6.07, 6.45) is 9.61. The third kappa shape index (κ3) is 3.33. The summed E-state index contributed by atoms with van der Waals surface area (Å²) in [6, 6.07) is 0. The van der Waals surface area contributed by atoms with E-state index in [0.717, 1.165) is 24.3 Å². The van der Waals surface area contributed by atoms with E-state index < -0.39 is 0 Å². The van der Waals surface area contributed by atoms with Crippen LogP contribution in [0.4, 0.5) is 0 Å². The Labute approximate surface area is 120 Å². The molecule has 1 unspecified atom stereocenters. The lowest BCUT2D eigenvalue weighted by Gasteiger charge is -2.47. The lowest BCUT2D eigenvalue weighted by molar-refractivity contribution is 0.0505. The predicted molar refractivity (Wildman–Crippen MR) is 83.2 cm³/mol. The van der Waals surface area contributed by atoms with Crippen molar-refractivity contribution >= 4 is 0 Å². The third-order valence-electron chi connectivity index (χ3n) is 5.94. The van der Waals surface area contributed by atoms with Crippen LogP contribution >= 0.6 is 0 Å². The maximum absolute atomic E-state index is 6.22. The zero-order valence-corrected chi connectivity index (χ0v) is 13.3. The topological polar surface area (TPSA) is 29.3 Å². The van der Waals surface area contributed by atoms with Crippen LogP contribution in [-0.4, -0.2) is 30.1 Å². The van der Waals surface area contributed by atoms with E-state index >= 15 is 0 Å². The minimum Gasteiger partial charge on any atom is -0.329 e. The fourth-order valence-corrected chi connectivity index (χ4v) is 4.40. The molecule has 0 aromatic carbocycles. The van der Waals surface area contributed by atoms with Gasteiger partial charge in [0.05, 0.1) is 0 Å². The van der Waals surface area contributed by atoms with Crippen molar-refractivity contribution in [1.29, 1.82) is 0 Å². The summed E-state index contributed by atoms with van der Waals surface area (Å²) >= 11 is 0. The first-order valence-electron chi connectivity index (χ1n) is 8.56. The number of rotatable bonds is 5.